The Morgan fingerprint density at radius 2 is 1.74 bits per heavy atom. The lowest BCUT2D eigenvalue weighted by Crippen LogP contribution is -2.34. The summed E-state index contributed by atoms with van der Waals surface area (Å²) < 4.78 is 13.0. The summed E-state index contributed by atoms with van der Waals surface area (Å²) in [7, 11) is 0. The molecule has 2 aromatic carbocycles. The van der Waals surface area contributed by atoms with Crippen LogP contribution in [0.3, 0.4) is 0 Å². The largest absolute Gasteiger partial charge is 0.311 e. The number of likely N-dealkylation sites (tertiary alicyclic amines) is 1. The standard InChI is InChI=1S/C19H22ClFN2/c20-18-6-2-1-5-17(18)19(23-11-3-4-12-23)14-22-13-15-7-9-16(21)10-8-15/h1-2,5-10,19,22H,3-4,11-14H2. The Morgan fingerprint density at radius 1 is 1.04 bits per heavy atom. The molecule has 2 nitrogen and oxygen atoms in total. The van der Waals surface area contributed by atoms with Gasteiger partial charge in [0, 0.05) is 24.2 Å². The molecule has 1 N–H and O–H groups in total. The lowest BCUT2D eigenvalue weighted by Gasteiger charge is -2.29. The fourth-order valence-electron chi connectivity index (χ4n) is 3.19. The Hall–Kier alpha value is -1.42. The Balaban J connectivity index is 1.66. The molecule has 1 atom stereocenters. The molecule has 0 saturated carbocycles. The molecule has 1 unspecified atom stereocenters. The van der Waals surface area contributed by atoms with Crippen LogP contribution in [0.4, 0.5) is 4.39 Å². The molecule has 1 fully saturated rings. The van der Waals surface area contributed by atoms with Gasteiger partial charge in [0.1, 0.15) is 5.82 Å². The summed E-state index contributed by atoms with van der Waals surface area (Å²) in [6.45, 7) is 3.80. The Labute approximate surface area is 142 Å². The zero-order valence-corrected chi connectivity index (χ0v) is 13.9. The van der Waals surface area contributed by atoms with E-state index >= 15 is 0 Å². The van der Waals surface area contributed by atoms with Crippen molar-refractivity contribution in [1.29, 1.82) is 0 Å². The maximum atomic E-state index is 13.0. The lowest BCUT2D eigenvalue weighted by molar-refractivity contribution is 0.238. The van der Waals surface area contributed by atoms with Crippen molar-refractivity contribution < 1.29 is 4.39 Å². The molecule has 0 spiro atoms. The maximum Gasteiger partial charge on any atom is 0.123 e. The molecule has 3 rings (SSSR count). The first kappa shape index (κ1) is 16.4. The van der Waals surface area contributed by atoms with Crippen molar-refractivity contribution in [1.82, 2.24) is 10.2 Å². The first-order valence-electron chi connectivity index (χ1n) is 8.17. The lowest BCUT2D eigenvalue weighted by atomic mass is 10.1. The zero-order chi connectivity index (χ0) is 16.1. The van der Waals surface area contributed by atoms with E-state index < -0.39 is 0 Å². The zero-order valence-electron chi connectivity index (χ0n) is 13.1. The summed E-state index contributed by atoms with van der Waals surface area (Å²) in [4.78, 5) is 2.50. The van der Waals surface area contributed by atoms with Gasteiger partial charge in [-0.3, -0.25) is 4.90 Å². The van der Waals surface area contributed by atoms with Gasteiger partial charge in [0.2, 0.25) is 0 Å². The molecule has 1 saturated heterocycles. The van der Waals surface area contributed by atoms with E-state index in [9.17, 15) is 4.39 Å². The van der Waals surface area contributed by atoms with Crippen molar-refractivity contribution in [3.8, 4) is 0 Å². The highest BCUT2D eigenvalue weighted by molar-refractivity contribution is 6.31. The van der Waals surface area contributed by atoms with Crippen LogP contribution < -0.4 is 5.32 Å². The van der Waals surface area contributed by atoms with Crippen LogP contribution in [0.25, 0.3) is 0 Å². The van der Waals surface area contributed by atoms with Gasteiger partial charge < -0.3 is 5.32 Å². The van der Waals surface area contributed by atoms with Gasteiger partial charge in [-0.25, -0.2) is 4.39 Å². The van der Waals surface area contributed by atoms with Crippen LogP contribution in [0.2, 0.25) is 5.02 Å². The van der Waals surface area contributed by atoms with Crippen LogP contribution in [0, 0.1) is 5.82 Å². The van der Waals surface area contributed by atoms with E-state index in [2.05, 4.69) is 16.3 Å². The average Bonchev–Trinajstić information content (AvgIpc) is 3.08. The quantitative estimate of drug-likeness (QED) is 0.843. The fourth-order valence-corrected chi connectivity index (χ4v) is 3.45. The van der Waals surface area contributed by atoms with Gasteiger partial charge >= 0.3 is 0 Å². The van der Waals surface area contributed by atoms with Gasteiger partial charge in [0.05, 0.1) is 0 Å². The molecule has 4 heteroatoms. The summed E-state index contributed by atoms with van der Waals surface area (Å²) >= 11 is 6.41. The van der Waals surface area contributed by atoms with Gasteiger partial charge in [-0.05, 0) is 55.3 Å². The van der Waals surface area contributed by atoms with E-state index in [1.54, 1.807) is 0 Å². The summed E-state index contributed by atoms with van der Waals surface area (Å²) in [6.07, 6.45) is 2.50. The molecular weight excluding hydrogens is 311 g/mol. The molecule has 1 heterocycles. The van der Waals surface area contributed by atoms with Crippen LogP contribution in [-0.4, -0.2) is 24.5 Å². The second-order valence-corrected chi connectivity index (χ2v) is 6.44. The molecule has 1 aliphatic rings. The van der Waals surface area contributed by atoms with Crippen molar-refractivity contribution in [3.05, 3.63) is 70.5 Å². The minimum atomic E-state index is -0.195. The van der Waals surface area contributed by atoms with Gasteiger partial charge in [0.15, 0.2) is 0 Å². The average molecular weight is 333 g/mol. The highest BCUT2D eigenvalue weighted by Crippen LogP contribution is 2.29. The fraction of sp³-hybridized carbons (Fsp3) is 0.368. The van der Waals surface area contributed by atoms with Crippen LogP contribution in [0.1, 0.15) is 30.0 Å². The molecule has 122 valence electrons. The number of halogens is 2. The smallest absolute Gasteiger partial charge is 0.123 e. The van der Waals surface area contributed by atoms with E-state index in [4.69, 9.17) is 11.6 Å². The molecule has 2 aromatic rings. The van der Waals surface area contributed by atoms with Crippen LogP contribution in [-0.2, 0) is 6.54 Å². The van der Waals surface area contributed by atoms with Gasteiger partial charge in [-0.2, -0.15) is 0 Å². The number of benzene rings is 2. The second kappa shape index (κ2) is 7.91. The van der Waals surface area contributed by atoms with Crippen LogP contribution in [0.5, 0.6) is 0 Å². The van der Waals surface area contributed by atoms with E-state index in [1.165, 1.54) is 30.5 Å². The van der Waals surface area contributed by atoms with Crippen molar-refractivity contribution >= 4 is 11.6 Å². The third-order valence-electron chi connectivity index (χ3n) is 4.43. The minimum absolute atomic E-state index is 0.195. The normalized spacial score (nSPS) is 16.6. The first-order chi connectivity index (χ1) is 11.2. The summed E-state index contributed by atoms with van der Waals surface area (Å²) in [5.74, 6) is -0.195. The Bertz CT molecular complexity index is 624. The number of rotatable bonds is 6. The first-order valence-corrected chi connectivity index (χ1v) is 8.55. The molecule has 0 amide bonds. The topological polar surface area (TPSA) is 15.3 Å². The third kappa shape index (κ3) is 4.31. The predicted molar refractivity (Wildman–Crippen MR) is 93.1 cm³/mol. The minimum Gasteiger partial charge on any atom is -0.311 e. The van der Waals surface area contributed by atoms with Crippen molar-refractivity contribution in [2.75, 3.05) is 19.6 Å². The SMILES string of the molecule is Fc1ccc(CNCC(c2ccccc2Cl)N2CCCC2)cc1. The van der Waals surface area contributed by atoms with E-state index in [1.807, 2.05) is 30.3 Å². The predicted octanol–water partition coefficient (Wildman–Crippen LogP) is 4.41. The summed E-state index contributed by atoms with van der Waals surface area (Å²) in [5, 5.41) is 4.33. The highest BCUT2D eigenvalue weighted by atomic mass is 35.5. The third-order valence-corrected chi connectivity index (χ3v) is 4.77. The summed E-state index contributed by atoms with van der Waals surface area (Å²) in [5.41, 5.74) is 2.27. The van der Waals surface area contributed by atoms with Crippen LogP contribution in [0.15, 0.2) is 48.5 Å². The molecular formula is C19H22ClFN2. The van der Waals surface area contributed by atoms with E-state index in [-0.39, 0.29) is 11.9 Å². The molecule has 0 aromatic heterocycles. The van der Waals surface area contributed by atoms with Crippen molar-refractivity contribution in [3.63, 3.8) is 0 Å². The monoisotopic (exact) mass is 332 g/mol. The Kier molecular flexibility index (Phi) is 5.65. The molecule has 0 radical (unpaired) electrons. The van der Waals surface area contributed by atoms with E-state index in [0.29, 0.717) is 0 Å². The van der Waals surface area contributed by atoms with Crippen molar-refractivity contribution in [2.45, 2.75) is 25.4 Å². The number of hydrogen-bond acceptors (Lipinski definition) is 2. The van der Waals surface area contributed by atoms with Crippen LogP contribution >= 0.6 is 11.6 Å². The van der Waals surface area contributed by atoms with Gasteiger partial charge in [0.25, 0.3) is 0 Å². The number of nitrogens with one attached hydrogen (secondary N) is 1. The molecule has 0 bridgehead atoms. The van der Waals surface area contributed by atoms with Gasteiger partial charge in [-0.1, -0.05) is 41.9 Å². The number of nitrogens with zero attached hydrogens (tertiary/aromatic N) is 1. The van der Waals surface area contributed by atoms with E-state index in [0.717, 1.165) is 36.8 Å². The molecule has 1 aliphatic heterocycles. The maximum absolute atomic E-state index is 13.0. The molecule has 0 aliphatic carbocycles. The highest BCUT2D eigenvalue weighted by Gasteiger charge is 2.24. The van der Waals surface area contributed by atoms with Crippen molar-refractivity contribution in [2.24, 2.45) is 0 Å². The second-order valence-electron chi connectivity index (χ2n) is 6.04. The Morgan fingerprint density at radius 3 is 2.43 bits per heavy atom. The molecule has 23 heavy (non-hydrogen) atoms. The van der Waals surface area contributed by atoms with Gasteiger partial charge in [-0.15, -0.1) is 0 Å². The summed E-state index contributed by atoms with van der Waals surface area (Å²) in [6, 6.07) is 15.0. The number of hydrogen-bond donors (Lipinski definition) is 1.